The number of anilines is 1. The van der Waals surface area contributed by atoms with Crippen LogP contribution in [0, 0.1) is 6.92 Å². The van der Waals surface area contributed by atoms with E-state index in [2.05, 4.69) is 46.8 Å². The topological polar surface area (TPSA) is 114 Å². The molecule has 0 radical (unpaired) electrons. The van der Waals surface area contributed by atoms with Gasteiger partial charge in [-0.15, -0.1) is 0 Å². The Balaban J connectivity index is 2.37. The van der Waals surface area contributed by atoms with Crippen LogP contribution in [0.2, 0.25) is 5.02 Å². The molecule has 1 amide bonds. The van der Waals surface area contributed by atoms with Crippen molar-refractivity contribution in [2.75, 3.05) is 5.32 Å². The molecule has 2 aromatic rings. The highest BCUT2D eigenvalue weighted by Crippen LogP contribution is 2.41. The van der Waals surface area contributed by atoms with Gasteiger partial charge in [0.1, 0.15) is 10.3 Å². The predicted molar refractivity (Wildman–Crippen MR) is 99.6 cm³/mol. The minimum Gasteiger partial charge on any atom is -0.319 e. The van der Waals surface area contributed by atoms with Gasteiger partial charge in [-0.3, -0.25) is 9.32 Å². The van der Waals surface area contributed by atoms with Crippen LogP contribution >= 0.6 is 51.3 Å². The van der Waals surface area contributed by atoms with Gasteiger partial charge in [-0.1, -0.05) is 17.7 Å². The van der Waals surface area contributed by atoms with Crippen molar-refractivity contribution in [2.24, 2.45) is 0 Å². The molecule has 1 atom stereocenters. The molecule has 0 aliphatic rings. The fourth-order valence-electron chi connectivity index (χ4n) is 2.00. The molecule has 0 saturated carbocycles. The molecule has 2 rings (SSSR count). The minimum atomic E-state index is -4.77. The van der Waals surface area contributed by atoms with Crippen molar-refractivity contribution >= 4 is 62.9 Å². The molecule has 0 aliphatic carbocycles. The zero-order valence-corrected chi connectivity index (χ0v) is 17.7. The number of carbonyl (C=O) groups excluding carboxylic acids is 1. The maximum absolute atomic E-state index is 12.6. The maximum Gasteiger partial charge on any atom is 0.471 e. The van der Waals surface area contributed by atoms with Crippen molar-refractivity contribution in [2.45, 2.75) is 20.1 Å². The number of rotatable bonds is 5. The minimum absolute atomic E-state index is 0.00414. The number of nitrogens with zero attached hydrogens (tertiary/aromatic N) is 2. The second-order valence-corrected chi connectivity index (χ2v) is 8.17. The Morgan fingerprint density at radius 2 is 2.08 bits per heavy atom. The summed E-state index contributed by atoms with van der Waals surface area (Å²) >= 11 is 12.5. The standard InChI is InChI=1S/C13H13Br2ClN3O5P/c1-6-3-4-9(8(16)5-6)17-13(20)11-10(14)12(15)18-19(11)7(2)24-25(21,22)23/h3-5,7H,1-2H3,(H,17,20)(H2,21,22,23). The lowest BCUT2D eigenvalue weighted by Gasteiger charge is -2.17. The number of hydrogen-bond donors (Lipinski definition) is 3. The normalized spacial score (nSPS) is 12.9. The summed E-state index contributed by atoms with van der Waals surface area (Å²) in [5.41, 5.74) is 1.32. The molecule has 12 heteroatoms. The number of carbonyl (C=O) groups is 1. The molecular weight excluding hydrogens is 504 g/mol. The van der Waals surface area contributed by atoms with Crippen molar-refractivity contribution < 1.29 is 23.7 Å². The lowest BCUT2D eigenvalue weighted by atomic mass is 10.2. The quantitative estimate of drug-likeness (QED) is 0.511. The molecule has 8 nitrogen and oxygen atoms in total. The summed E-state index contributed by atoms with van der Waals surface area (Å²) in [6, 6.07) is 5.12. The van der Waals surface area contributed by atoms with E-state index in [4.69, 9.17) is 21.4 Å². The van der Waals surface area contributed by atoms with E-state index < -0.39 is 20.0 Å². The van der Waals surface area contributed by atoms with Crippen LogP contribution in [-0.4, -0.2) is 25.5 Å². The third-order valence-electron chi connectivity index (χ3n) is 3.04. The van der Waals surface area contributed by atoms with Crippen LogP contribution in [0.3, 0.4) is 0 Å². The van der Waals surface area contributed by atoms with Crippen LogP contribution in [0.4, 0.5) is 5.69 Å². The predicted octanol–water partition coefficient (Wildman–Crippen LogP) is 4.25. The van der Waals surface area contributed by atoms with Gasteiger partial charge in [-0.25, -0.2) is 9.25 Å². The Kier molecular flexibility index (Phi) is 6.48. The number of aromatic nitrogens is 2. The maximum atomic E-state index is 12.6. The van der Waals surface area contributed by atoms with Crippen molar-refractivity contribution in [3.05, 3.63) is 43.6 Å². The van der Waals surface area contributed by atoms with Gasteiger partial charge in [-0.2, -0.15) is 5.10 Å². The third kappa shape index (κ3) is 5.13. The Labute approximate surface area is 165 Å². The molecule has 25 heavy (non-hydrogen) atoms. The average molecular weight is 517 g/mol. The van der Waals surface area contributed by atoms with Gasteiger partial charge >= 0.3 is 7.82 Å². The molecule has 0 aliphatic heterocycles. The molecule has 0 fully saturated rings. The van der Waals surface area contributed by atoms with Gasteiger partial charge in [-0.05, 0) is 63.4 Å². The van der Waals surface area contributed by atoms with Crippen LogP contribution in [0.15, 0.2) is 27.3 Å². The van der Waals surface area contributed by atoms with E-state index in [1.54, 1.807) is 18.2 Å². The van der Waals surface area contributed by atoms with Crippen LogP contribution in [0.1, 0.15) is 29.2 Å². The average Bonchev–Trinajstić information content (AvgIpc) is 2.76. The molecule has 1 aromatic heterocycles. The highest BCUT2D eigenvalue weighted by Gasteiger charge is 2.28. The lowest BCUT2D eigenvalue weighted by Crippen LogP contribution is -2.21. The van der Waals surface area contributed by atoms with Gasteiger partial charge in [0.25, 0.3) is 5.91 Å². The van der Waals surface area contributed by atoms with Crippen molar-refractivity contribution in [3.63, 3.8) is 0 Å². The molecule has 136 valence electrons. The lowest BCUT2D eigenvalue weighted by molar-refractivity contribution is 0.0801. The van der Waals surface area contributed by atoms with Crippen LogP contribution in [0.25, 0.3) is 0 Å². The van der Waals surface area contributed by atoms with E-state index in [0.717, 1.165) is 10.2 Å². The molecule has 3 N–H and O–H groups in total. The summed E-state index contributed by atoms with van der Waals surface area (Å²) in [5, 5.41) is 7.01. The summed E-state index contributed by atoms with van der Waals surface area (Å²) < 4.78 is 17.3. The van der Waals surface area contributed by atoms with Crippen molar-refractivity contribution in [1.29, 1.82) is 0 Å². The SMILES string of the molecule is Cc1ccc(NC(=O)c2c(Br)c(Br)nn2C(C)OP(=O)(O)O)c(Cl)c1. The van der Waals surface area contributed by atoms with E-state index in [1.807, 2.05) is 6.92 Å². The molecule has 1 heterocycles. The largest absolute Gasteiger partial charge is 0.471 e. The first-order valence-electron chi connectivity index (χ1n) is 6.74. The Morgan fingerprint density at radius 3 is 2.64 bits per heavy atom. The number of nitrogens with one attached hydrogen (secondary N) is 1. The van der Waals surface area contributed by atoms with Gasteiger partial charge < -0.3 is 15.1 Å². The molecule has 1 unspecified atom stereocenters. The van der Waals surface area contributed by atoms with Gasteiger partial charge in [0.2, 0.25) is 0 Å². The molecule has 0 saturated heterocycles. The van der Waals surface area contributed by atoms with Crippen molar-refractivity contribution in [3.8, 4) is 0 Å². The summed E-state index contributed by atoms with van der Waals surface area (Å²) in [4.78, 5) is 30.6. The highest BCUT2D eigenvalue weighted by molar-refractivity contribution is 9.13. The summed E-state index contributed by atoms with van der Waals surface area (Å²) in [6.45, 7) is 3.21. The van der Waals surface area contributed by atoms with Crippen LogP contribution in [0.5, 0.6) is 0 Å². The first-order valence-corrected chi connectivity index (χ1v) is 10.2. The number of halogens is 3. The van der Waals surface area contributed by atoms with Crippen LogP contribution < -0.4 is 5.32 Å². The smallest absolute Gasteiger partial charge is 0.319 e. The fourth-order valence-corrected chi connectivity index (χ4v) is 3.57. The van der Waals surface area contributed by atoms with E-state index in [0.29, 0.717) is 15.2 Å². The van der Waals surface area contributed by atoms with Crippen LogP contribution in [-0.2, 0) is 9.09 Å². The number of amides is 1. The zero-order chi connectivity index (χ0) is 18.9. The Bertz CT molecular complexity index is 870. The zero-order valence-electron chi connectivity index (χ0n) is 12.9. The molecular formula is C13H13Br2ClN3O5P. The van der Waals surface area contributed by atoms with E-state index >= 15 is 0 Å². The summed E-state index contributed by atoms with van der Waals surface area (Å²) in [5.74, 6) is -0.586. The van der Waals surface area contributed by atoms with E-state index in [-0.39, 0.29) is 10.3 Å². The molecule has 0 bridgehead atoms. The fraction of sp³-hybridized carbons (Fsp3) is 0.231. The summed E-state index contributed by atoms with van der Waals surface area (Å²) in [7, 11) is -4.77. The monoisotopic (exact) mass is 515 g/mol. The number of phosphoric ester groups is 1. The molecule has 0 spiro atoms. The third-order valence-corrected chi connectivity index (χ3v) is 5.77. The van der Waals surface area contributed by atoms with Crippen molar-refractivity contribution in [1.82, 2.24) is 9.78 Å². The van der Waals surface area contributed by atoms with E-state index in [9.17, 15) is 9.36 Å². The number of phosphoric acid groups is 1. The van der Waals surface area contributed by atoms with Gasteiger partial charge in [0.05, 0.1) is 15.2 Å². The number of aryl methyl sites for hydroxylation is 1. The Hall–Kier alpha value is -0.740. The number of benzene rings is 1. The first-order chi connectivity index (χ1) is 11.5. The first kappa shape index (κ1) is 20.6. The number of hydrogen-bond acceptors (Lipinski definition) is 4. The van der Waals surface area contributed by atoms with E-state index in [1.165, 1.54) is 6.92 Å². The second-order valence-electron chi connectivity index (χ2n) is 5.03. The second kappa shape index (κ2) is 7.87. The van der Waals surface area contributed by atoms with Gasteiger partial charge in [0, 0.05) is 0 Å². The Morgan fingerprint density at radius 1 is 1.44 bits per heavy atom. The summed E-state index contributed by atoms with van der Waals surface area (Å²) in [6.07, 6.45) is -1.20. The molecule has 1 aromatic carbocycles. The van der Waals surface area contributed by atoms with Gasteiger partial charge in [0.15, 0.2) is 6.23 Å². The highest BCUT2D eigenvalue weighted by atomic mass is 79.9.